The van der Waals surface area contributed by atoms with E-state index in [-0.39, 0.29) is 31.2 Å². The van der Waals surface area contributed by atoms with Crippen molar-refractivity contribution in [1.82, 2.24) is 10.6 Å². The molecular formula is C27H52BN3O5. The number of hydrogen-bond donors (Lipinski definition) is 4. The van der Waals surface area contributed by atoms with Crippen molar-refractivity contribution in [3.63, 3.8) is 0 Å². The van der Waals surface area contributed by atoms with Crippen LogP contribution in [0, 0.1) is 0 Å². The SMILES string of the molecule is CCCCCCCCCCCCCCCC(=O)NC(CCC(=O)NCCCC)C(=O)O.[B]C(=O)CN. The molecule has 208 valence electrons. The summed E-state index contributed by atoms with van der Waals surface area (Å²) in [4.78, 5) is 44.6. The molecule has 0 bridgehead atoms. The highest BCUT2D eigenvalue weighted by atomic mass is 16.4. The Bertz CT molecular complexity index is 576. The van der Waals surface area contributed by atoms with Gasteiger partial charge in [-0.05, 0) is 19.3 Å². The maximum atomic E-state index is 12.0. The maximum Gasteiger partial charge on any atom is 0.326 e. The van der Waals surface area contributed by atoms with Gasteiger partial charge in [0.15, 0.2) is 7.85 Å². The van der Waals surface area contributed by atoms with E-state index in [4.69, 9.17) is 5.73 Å². The van der Waals surface area contributed by atoms with Gasteiger partial charge in [-0.15, -0.1) is 0 Å². The van der Waals surface area contributed by atoms with Gasteiger partial charge >= 0.3 is 5.97 Å². The van der Waals surface area contributed by atoms with Gasteiger partial charge in [-0.1, -0.05) is 97.3 Å². The summed E-state index contributed by atoms with van der Waals surface area (Å²) in [6, 6.07) is -0.994. The second kappa shape index (κ2) is 27.7. The largest absolute Gasteiger partial charge is 0.480 e. The minimum Gasteiger partial charge on any atom is -0.480 e. The molecule has 0 aromatic rings. The molecule has 0 aliphatic carbocycles. The van der Waals surface area contributed by atoms with Gasteiger partial charge in [-0.3, -0.25) is 9.59 Å². The number of nitrogens with one attached hydrogen (secondary N) is 2. The van der Waals surface area contributed by atoms with Crippen LogP contribution in [0.3, 0.4) is 0 Å². The summed E-state index contributed by atoms with van der Waals surface area (Å²) in [7, 11) is 4.53. The lowest BCUT2D eigenvalue weighted by Gasteiger charge is -2.14. The molecule has 0 saturated carbocycles. The van der Waals surface area contributed by atoms with Gasteiger partial charge in [0.2, 0.25) is 11.8 Å². The Labute approximate surface area is 220 Å². The van der Waals surface area contributed by atoms with Crippen LogP contribution in [-0.4, -0.2) is 55.6 Å². The summed E-state index contributed by atoms with van der Waals surface area (Å²) in [6.07, 6.45) is 18.7. The number of nitrogens with two attached hydrogens (primary N) is 1. The third-order valence-electron chi connectivity index (χ3n) is 5.85. The molecule has 0 aromatic carbocycles. The summed E-state index contributed by atoms with van der Waals surface area (Å²) in [5.74, 6) is -1.48. The molecule has 0 rings (SSSR count). The van der Waals surface area contributed by atoms with Crippen molar-refractivity contribution in [3.05, 3.63) is 0 Å². The fraction of sp³-hybridized carbons (Fsp3) is 0.852. The smallest absolute Gasteiger partial charge is 0.326 e. The fourth-order valence-electron chi connectivity index (χ4n) is 3.60. The number of hydrogen-bond acceptors (Lipinski definition) is 5. The van der Waals surface area contributed by atoms with Gasteiger partial charge in [0, 0.05) is 25.9 Å². The van der Waals surface area contributed by atoms with E-state index < -0.39 is 17.7 Å². The number of amides is 2. The number of unbranched alkanes of at least 4 members (excludes halogenated alkanes) is 13. The van der Waals surface area contributed by atoms with E-state index in [1.807, 2.05) is 6.92 Å². The van der Waals surface area contributed by atoms with Crippen LogP contribution in [0.1, 0.15) is 129 Å². The lowest BCUT2D eigenvalue weighted by atomic mass is 10.0. The van der Waals surface area contributed by atoms with Crippen molar-refractivity contribution >= 4 is 31.3 Å². The average molecular weight is 510 g/mol. The zero-order chi connectivity index (χ0) is 27.4. The van der Waals surface area contributed by atoms with Gasteiger partial charge in [-0.25, -0.2) is 4.79 Å². The normalized spacial score (nSPS) is 11.2. The lowest BCUT2D eigenvalue weighted by molar-refractivity contribution is -0.142. The number of carbonyl (C=O) groups excluding carboxylic acids is 3. The van der Waals surface area contributed by atoms with Crippen LogP contribution in [0.4, 0.5) is 0 Å². The van der Waals surface area contributed by atoms with Gasteiger partial charge in [0.25, 0.3) is 0 Å². The molecule has 0 fully saturated rings. The van der Waals surface area contributed by atoms with E-state index in [2.05, 4.69) is 25.4 Å². The molecular weight excluding hydrogens is 457 g/mol. The number of carbonyl (C=O) groups is 4. The number of carboxylic acids is 1. The first kappa shape index (κ1) is 36.3. The van der Waals surface area contributed by atoms with E-state index in [0.29, 0.717) is 13.0 Å². The van der Waals surface area contributed by atoms with Crippen LogP contribution in [0.5, 0.6) is 0 Å². The van der Waals surface area contributed by atoms with Crippen LogP contribution >= 0.6 is 0 Å². The van der Waals surface area contributed by atoms with Crippen LogP contribution in [-0.2, 0) is 19.2 Å². The first-order chi connectivity index (χ1) is 17.3. The van der Waals surface area contributed by atoms with Gasteiger partial charge < -0.3 is 26.3 Å². The Morgan fingerprint density at radius 2 is 1.17 bits per heavy atom. The molecule has 5 N–H and O–H groups in total. The summed E-state index contributed by atoms with van der Waals surface area (Å²) in [6.45, 7) is 4.84. The summed E-state index contributed by atoms with van der Waals surface area (Å²) >= 11 is 0. The Morgan fingerprint density at radius 3 is 1.58 bits per heavy atom. The van der Waals surface area contributed by atoms with Crippen LogP contribution < -0.4 is 16.4 Å². The average Bonchev–Trinajstić information content (AvgIpc) is 2.84. The summed E-state index contributed by atoms with van der Waals surface area (Å²) < 4.78 is 0. The summed E-state index contributed by atoms with van der Waals surface area (Å²) in [5.41, 5.74) is 4.23. The van der Waals surface area contributed by atoms with Crippen LogP contribution in [0.2, 0.25) is 0 Å². The quantitative estimate of drug-likeness (QED) is 0.119. The first-order valence-corrected chi connectivity index (χ1v) is 14.1. The molecule has 0 aliphatic rings. The predicted octanol–water partition coefficient (Wildman–Crippen LogP) is 4.37. The Balaban J connectivity index is 0. The molecule has 0 aliphatic heterocycles. The molecule has 0 spiro atoms. The monoisotopic (exact) mass is 509 g/mol. The van der Waals surface area contributed by atoms with Gasteiger partial charge in [-0.2, -0.15) is 0 Å². The van der Waals surface area contributed by atoms with Crippen molar-refractivity contribution in [2.45, 2.75) is 135 Å². The molecule has 1 unspecified atom stereocenters. The van der Waals surface area contributed by atoms with Crippen molar-refractivity contribution in [3.8, 4) is 0 Å². The highest BCUT2D eigenvalue weighted by molar-refractivity contribution is 6.58. The zero-order valence-corrected chi connectivity index (χ0v) is 23.0. The minimum atomic E-state index is -1.08. The molecule has 2 radical (unpaired) electrons. The standard InChI is InChI=1S/C25H48N2O4.C2H4BNO/c1-3-5-7-8-9-10-11-12-13-14-15-16-17-18-24(29)27-22(25(30)31)19-20-23(28)26-21-6-4-2;3-2(5)1-4/h22H,3-21H2,1-2H3,(H,26,28)(H,27,29)(H,30,31);1,4H2. The van der Waals surface area contributed by atoms with E-state index in [9.17, 15) is 24.3 Å². The Morgan fingerprint density at radius 1 is 0.722 bits per heavy atom. The molecule has 0 heterocycles. The molecule has 8 nitrogen and oxygen atoms in total. The molecule has 9 heteroatoms. The molecule has 36 heavy (non-hydrogen) atoms. The van der Waals surface area contributed by atoms with E-state index in [1.165, 1.54) is 64.2 Å². The third-order valence-corrected chi connectivity index (χ3v) is 5.85. The fourth-order valence-corrected chi connectivity index (χ4v) is 3.60. The molecule has 1 atom stereocenters. The molecule has 0 aromatic heterocycles. The molecule has 2 amide bonds. The number of aliphatic carboxylic acids is 1. The van der Waals surface area contributed by atoms with Gasteiger partial charge in [0.1, 0.15) is 6.04 Å². The van der Waals surface area contributed by atoms with Crippen molar-refractivity contribution in [1.29, 1.82) is 0 Å². The lowest BCUT2D eigenvalue weighted by Crippen LogP contribution is -2.41. The van der Waals surface area contributed by atoms with Crippen molar-refractivity contribution < 1.29 is 24.3 Å². The number of rotatable bonds is 23. The van der Waals surface area contributed by atoms with Crippen molar-refractivity contribution in [2.75, 3.05) is 13.1 Å². The topological polar surface area (TPSA) is 139 Å². The maximum absolute atomic E-state index is 12.0. The minimum absolute atomic E-state index is 0.0556. The van der Waals surface area contributed by atoms with E-state index >= 15 is 0 Å². The highest BCUT2D eigenvalue weighted by Gasteiger charge is 2.20. The number of carboxylic acid groups (broad SMARTS) is 1. The second-order valence-electron chi connectivity index (χ2n) is 9.36. The van der Waals surface area contributed by atoms with E-state index in [1.54, 1.807) is 0 Å². The van der Waals surface area contributed by atoms with E-state index in [0.717, 1.165) is 32.1 Å². The van der Waals surface area contributed by atoms with Crippen LogP contribution in [0.15, 0.2) is 0 Å². The highest BCUT2D eigenvalue weighted by Crippen LogP contribution is 2.13. The Kier molecular flexibility index (Phi) is 27.9. The second-order valence-corrected chi connectivity index (χ2v) is 9.36. The van der Waals surface area contributed by atoms with Crippen molar-refractivity contribution in [2.24, 2.45) is 5.73 Å². The third kappa shape index (κ3) is 28.3. The first-order valence-electron chi connectivity index (χ1n) is 14.1. The zero-order valence-electron chi connectivity index (χ0n) is 23.0. The van der Waals surface area contributed by atoms with Gasteiger partial charge in [0.05, 0.1) is 5.68 Å². The summed E-state index contributed by atoms with van der Waals surface area (Å²) in [5, 5.41) is 14.6. The molecule has 0 saturated heterocycles. The van der Waals surface area contributed by atoms with Crippen LogP contribution in [0.25, 0.3) is 0 Å². The predicted molar refractivity (Wildman–Crippen MR) is 147 cm³/mol. The Hall–Kier alpha value is -1.90.